The molecule has 0 saturated carbocycles. The summed E-state index contributed by atoms with van der Waals surface area (Å²) in [7, 11) is 1.89. The predicted octanol–water partition coefficient (Wildman–Crippen LogP) is 2.66. The summed E-state index contributed by atoms with van der Waals surface area (Å²) in [5.74, 6) is 2.15. The molecule has 0 N–H and O–H groups in total. The molecule has 0 aromatic carbocycles. The Balaban J connectivity index is 2.16. The first-order chi connectivity index (χ1) is 11.5. The van der Waals surface area contributed by atoms with Crippen molar-refractivity contribution in [2.24, 2.45) is 13.0 Å². The molecule has 1 atom stereocenters. The smallest absolute Gasteiger partial charge is 0.167 e. The van der Waals surface area contributed by atoms with E-state index in [-0.39, 0.29) is 0 Å². The molecule has 24 heavy (non-hydrogen) atoms. The molecule has 3 heterocycles. The second-order valence-electron chi connectivity index (χ2n) is 6.27. The van der Waals surface area contributed by atoms with Crippen molar-refractivity contribution in [3.8, 4) is 17.1 Å². The van der Waals surface area contributed by atoms with Crippen LogP contribution < -0.4 is 0 Å². The summed E-state index contributed by atoms with van der Waals surface area (Å²) in [6.45, 7) is 8.34. The molecule has 3 rings (SSSR count). The molecule has 0 radical (unpaired) electrons. The highest BCUT2D eigenvalue weighted by atomic mass is 15.4. The number of nitrogens with zero attached hydrogens (tertiary/aromatic N) is 7. The van der Waals surface area contributed by atoms with Crippen LogP contribution in [0.1, 0.15) is 37.5 Å². The van der Waals surface area contributed by atoms with Crippen molar-refractivity contribution in [1.29, 1.82) is 0 Å². The fraction of sp³-hybridized carbons (Fsp3) is 0.471. The van der Waals surface area contributed by atoms with E-state index in [0.717, 1.165) is 47.1 Å². The Morgan fingerprint density at radius 2 is 1.88 bits per heavy atom. The van der Waals surface area contributed by atoms with Gasteiger partial charge in [0.1, 0.15) is 12.0 Å². The van der Waals surface area contributed by atoms with Crippen molar-refractivity contribution in [2.45, 2.75) is 40.5 Å². The molecule has 3 aromatic heterocycles. The first kappa shape index (κ1) is 16.3. The highest BCUT2D eigenvalue weighted by Crippen LogP contribution is 2.26. The lowest BCUT2D eigenvalue weighted by Crippen LogP contribution is -2.03. The van der Waals surface area contributed by atoms with Gasteiger partial charge in [-0.15, -0.1) is 0 Å². The molecule has 126 valence electrons. The van der Waals surface area contributed by atoms with Gasteiger partial charge in [-0.05, 0) is 19.8 Å². The van der Waals surface area contributed by atoms with Crippen LogP contribution in [0, 0.1) is 19.8 Å². The fourth-order valence-electron chi connectivity index (χ4n) is 2.67. The third-order valence-corrected chi connectivity index (χ3v) is 4.26. The maximum Gasteiger partial charge on any atom is 0.167 e. The first-order valence-electron chi connectivity index (χ1n) is 8.23. The van der Waals surface area contributed by atoms with Gasteiger partial charge in [-0.25, -0.2) is 19.6 Å². The van der Waals surface area contributed by atoms with E-state index in [2.05, 4.69) is 28.9 Å². The minimum atomic E-state index is 0.539. The molecule has 0 saturated heterocycles. The van der Waals surface area contributed by atoms with E-state index in [0.29, 0.717) is 5.92 Å². The van der Waals surface area contributed by atoms with Gasteiger partial charge in [0.15, 0.2) is 11.6 Å². The van der Waals surface area contributed by atoms with E-state index < -0.39 is 0 Å². The maximum absolute atomic E-state index is 4.81. The van der Waals surface area contributed by atoms with Gasteiger partial charge in [-0.3, -0.25) is 4.68 Å². The number of hydrogen-bond donors (Lipinski definition) is 0. The highest BCUT2D eigenvalue weighted by Gasteiger charge is 2.20. The second kappa shape index (κ2) is 6.51. The van der Waals surface area contributed by atoms with Crippen LogP contribution in [0.3, 0.4) is 0 Å². The molecule has 3 aromatic rings. The van der Waals surface area contributed by atoms with E-state index in [1.165, 1.54) is 0 Å². The standard InChI is InChI=1S/C17H23N7/c1-6-11(2)7-15-21-17(16-12(3)18-10-19-13(16)4)24(22-15)14-8-20-23(5)9-14/h8-11H,6-7H2,1-5H3. The largest absolute Gasteiger partial charge is 0.274 e. The van der Waals surface area contributed by atoms with E-state index in [1.807, 2.05) is 31.8 Å². The average Bonchev–Trinajstić information content (AvgIpc) is 3.13. The second-order valence-corrected chi connectivity index (χ2v) is 6.27. The quantitative estimate of drug-likeness (QED) is 0.721. The lowest BCUT2D eigenvalue weighted by molar-refractivity contribution is 0.542. The highest BCUT2D eigenvalue weighted by molar-refractivity contribution is 5.62. The lowest BCUT2D eigenvalue weighted by Gasteiger charge is -2.07. The van der Waals surface area contributed by atoms with Gasteiger partial charge in [0.2, 0.25) is 0 Å². The maximum atomic E-state index is 4.81. The molecule has 0 aliphatic heterocycles. The summed E-state index contributed by atoms with van der Waals surface area (Å²) in [5, 5.41) is 8.99. The predicted molar refractivity (Wildman–Crippen MR) is 91.8 cm³/mol. The van der Waals surface area contributed by atoms with Crippen LogP contribution in [-0.4, -0.2) is 34.5 Å². The van der Waals surface area contributed by atoms with Crippen molar-refractivity contribution < 1.29 is 0 Å². The third-order valence-electron chi connectivity index (χ3n) is 4.26. The van der Waals surface area contributed by atoms with Crippen LogP contribution >= 0.6 is 0 Å². The monoisotopic (exact) mass is 325 g/mol. The zero-order chi connectivity index (χ0) is 17.3. The number of aryl methyl sites for hydroxylation is 3. The summed E-state index contributed by atoms with van der Waals surface area (Å²) in [4.78, 5) is 13.5. The van der Waals surface area contributed by atoms with E-state index in [1.54, 1.807) is 17.2 Å². The van der Waals surface area contributed by atoms with Crippen molar-refractivity contribution in [1.82, 2.24) is 34.5 Å². The van der Waals surface area contributed by atoms with Crippen LogP contribution in [0.4, 0.5) is 0 Å². The van der Waals surface area contributed by atoms with Gasteiger partial charge in [0.25, 0.3) is 0 Å². The number of aromatic nitrogens is 7. The van der Waals surface area contributed by atoms with Crippen LogP contribution in [0.2, 0.25) is 0 Å². The summed E-state index contributed by atoms with van der Waals surface area (Å²) >= 11 is 0. The van der Waals surface area contributed by atoms with Crippen LogP contribution in [0.25, 0.3) is 17.1 Å². The molecule has 0 aliphatic rings. The van der Waals surface area contributed by atoms with E-state index >= 15 is 0 Å². The minimum absolute atomic E-state index is 0.539. The Labute approximate surface area is 141 Å². The van der Waals surface area contributed by atoms with Crippen molar-refractivity contribution in [3.63, 3.8) is 0 Å². The normalized spacial score (nSPS) is 12.5. The summed E-state index contributed by atoms with van der Waals surface area (Å²) < 4.78 is 3.61. The molecule has 1 unspecified atom stereocenters. The average molecular weight is 325 g/mol. The zero-order valence-electron chi connectivity index (χ0n) is 14.9. The van der Waals surface area contributed by atoms with Gasteiger partial charge in [0, 0.05) is 13.5 Å². The van der Waals surface area contributed by atoms with Crippen LogP contribution in [0.15, 0.2) is 18.7 Å². The molecule has 0 amide bonds. The molecule has 0 bridgehead atoms. The lowest BCUT2D eigenvalue weighted by atomic mass is 10.1. The van der Waals surface area contributed by atoms with Gasteiger partial charge in [-0.2, -0.15) is 10.2 Å². The molecule has 0 fully saturated rings. The van der Waals surface area contributed by atoms with Crippen LogP contribution in [0.5, 0.6) is 0 Å². The van der Waals surface area contributed by atoms with Gasteiger partial charge >= 0.3 is 0 Å². The summed E-state index contributed by atoms with van der Waals surface area (Å²) in [6, 6.07) is 0. The molecule has 0 spiro atoms. The van der Waals surface area contributed by atoms with Crippen molar-refractivity contribution in [3.05, 3.63) is 35.9 Å². The SMILES string of the molecule is CCC(C)Cc1nc(-c2c(C)ncnc2C)n(-c2cnn(C)c2)n1. The number of rotatable bonds is 5. The Morgan fingerprint density at radius 1 is 1.17 bits per heavy atom. The van der Waals surface area contributed by atoms with E-state index in [4.69, 9.17) is 10.1 Å². The van der Waals surface area contributed by atoms with E-state index in [9.17, 15) is 0 Å². The zero-order valence-corrected chi connectivity index (χ0v) is 14.9. The van der Waals surface area contributed by atoms with Gasteiger partial charge < -0.3 is 0 Å². The third kappa shape index (κ3) is 3.06. The Kier molecular flexibility index (Phi) is 4.42. The molecular formula is C17H23N7. The molecular weight excluding hydrogens is 302 g/mol. The Bertz CT molecular complexity index is 826. The van der Waals surface area contributed by atoms with Crippen molar-refractivity contribution in [2.75, 3.05) is 0 Å². The topological polar surface area (TPSA) is 74.3 Å². The van der Waals surface area contributed by atoms with Gasteiger partial charge in [0.05, 0.1) is 29.3 Å². The first-order valence-corrected chi connectivity index (χ1v) is 8.23. The molecule has 7 nitrogen and oxygen atoms in total. The fourth-order valence-corrected chi connectivity index (χ4v) is 2.67. The summed E-state index contributed by atoms with van der Waals surface area (Å²) in [5.41, 5.74) is 3.62. The van der Waals surface area contributed by atoms with Crippen molar-refractivity contribution >= 4 is 0 Å². The number of hydrogen-bond acceptors (Lipinski definition) is 5. The molecule has 0 aliphatic carbocycles. The molecule has 7 heteroatoms. The Hall–Kier alpha value is -2.57. The summed E-state index contributed by atoms with van der Waals surface area (Å²) in [6.07, 6.45) is 7.25. The van der Waals surface area contributed by atoms with Gasteiger partial charge in [-0.1, -0.05) is 20.3 Å². The minimum Gasteiger partial charge on any atom is -0.274 e. The van der Waals surface area contributed by atoms with Crippen LogP contribution in [-0.2, 0) is 13.5 Å². The Morgan fingerprint density at radius 3 is 2.46 bits per heavy atom.